The predicted octanol–water partition coefficient (Wildman–Crippen LogP) is 2.56. The van der Waals surface area contributed by atoms with Crippen LogP contribution in [0, 0.1) is 13.8 Å². The minimum atomic E-state index is 0.602. The van der Waals surface area contributed by atoms with Crippen LogP contribution in [0.5, 0.6) is 0 Å². The largest absolute Gasteiger partial charge is 0.399 e. The lowest BCUT2D eigenvalue weighted by Gasteiger charge is -2.04. The van der Waals surface area contributed by atoms with Crippen molar-refractivity contribution in [1.82, 2.24) is 10.1 Å². The second-order valence-electron chi connectivity index (χ2n) is 3.54. The van der Waals surface area contributed by atoms with Crippen LogP contribution >= 0.6 is 11.8 Å². The Labute approximate surface area is 98.2 Å². The van der Waals surface area contributed by atoms with Crippen LogP contribution in [0.25, 0.3) is 0 Å². The van der Waals surface area contributed by atoms with Crippen LogP contribution in [0.2, 0.25) is 0 Å². The van der Waals surface area contributed by atoms with Crippen LogP contribution in [0.4, 0.5) is 5.69 Å². The molecule has 2 aromatic rings. The molecule has 0 radical (unpaired) electrons. The van der Waals surface area contributed by atoms with Gasteiger partial charge >= 0.3 is 0 Å². The molecule has 0 saturated heterocycles. The molecule has 0 aliphatic carbocycles. The third-order valence-electron chi connectivity index (χ3n) is 2.13. The van der Waals surface area contributed by atoms with Gasteiger partial charge in [-0.25, -0.2) is 0 Å². The molecule has 0 fully saturated rings. The van der Waals surface area contributed by atoms with Crippen molar-refractivity contribution in [3.8, 4) is 0 Å². The maximum absolute atomic E-state index is 5.69. The van der Waals surface area contributed by atoms with Crippen LogP contribution in [-0.2, 0) is 5.75 Å². The molecular formula is C11H13N3OS. The standard InChI is InChI=1S/C11H13N3OS/c1-7-5-9(12)3-4-10(7)16-6-11-13-8(2)15-14-11/h3-5H,6,12H2,1-2H3. The summed E-state index contributed by atoms with van der Waals surface area (Å²) in [6.07, 6.45) is 0. The van der Waals surface area contributed by atoms with Crippen LogP contribution < -0.4 is 5.73 Å². The average molecular weight is 235 g/mol. The average Bonchev–Trinajstić information content (AvgIpc) is 2.63. The van der Waals surface area contributed by atoms with Gasteiger partial charge < -0.3 is 10.3 Å². The van der Waals surface area contributed by atoms with E-state index >= 15 is 0 Å². The smallest absolute Gasteiger partial charge is 0.223 e. The van der Waals surface area contributed by atoms with E-state index in [1.54, 1.807) is 18.7 Å². The fraction of sp³-hybridized carbons (Fsp3) is 0.273. The molecule has 1 aromatic heterocycles. The third kappa shape index (κ3) is 2.55. The van der Waals surface area contributed by atoms with E-state index in [0.29, 0.717) is 11.6 Å². The maximum Gasteiger partial charge on any atom is 0.223 e. The molecule has 0 aliphatic heterocycles. The van der Waals surface area contributed by atoms with E-state index in [4.69, 9.17) is 10.3 Å². The summed E-state index contributed by atoms with van der Waals surface area (Å²) in [5.74, 6) is 2.03. The van der Waals surface area contributed by atoms with Gasteiger partial charge in [-0.3, -0.25) is 0 Å². The molecule has 0 bridgehead atoms. The Balaban J connectivity index is 2.04. The Morgan fingerprint density at radius 2 is 2.19 bits per heavy atom. The Bertz CT molecular complexity index is 496. The molecular weight excluding hydrogens is 222 g/mol. The molecule has 5 heteroatoms. The van der Waals surface area contributed by atoms with Gasteiger partial charge in [0.05, 0.1) is 5.75 Å². The van der Waals surface area contributed by atoms with Gasteiger partial charge in [-0.15, -0.1) is 11.8 Å². The van der Waals surface area contributed by atoms with Gasteiger partial charge in [0.25, 0.3) is 0 Å². The van der Waals surface area contributed by atoms with E-state index in [1.807, 2.05) is 25.1 Å². The summed E-state index contributed by atoms with van der Waals surface area (Å²) in [7, 11) is 0. The zero-order valence-electron chi connectivity index (χ0n) is 9.23. The Morgan fingerprint density at radius 1 is 1.38 bits per heavy atom. The molecule has 0 amide bonds. The molecule has 0 spiro atoms. The quantitative estimate of drug-likeness (QED) is 0.654. The summed E-state index contributed by atoms with van der Waals surface area (Å²) in [4.78, 5) is 5.34. The lowest BCUT2D eigenvalue weighted by Crippen LogP contribution is -1.89. The molecule has 1 heterocycles. The first kappa shape index (κ1) is 11.0. The first-order chi connectivity index (χ1) is 7.65. The predicted molar refractivity (Wildman–Crippen MR) is 64.2 cm³/mol. The number of anilines is 1. The minimum absolute atomic E-state index is 0.602. The second-order valence-corrected chi connectivity index (χ2v) is 4.56. The van der Waals surface area contributed by atoms with Crippen molar-refractivity contribution in [1.29, 1.82) is 0 Å². The van der Waals surface area contributed by atoms with Crippen LogP contribution in [0.15, 0.2) is 27.6 Å². The van der Waals surface area contributed by atoms with Crippen molar-refractivity contribution in [3.63, 3.8) is 0 Å². The highest BCUT2D eigenvalue weighted by Gasteiger charge is 2.05. The molecule has 0 saturated carbocycles. The summed E-state index contributed by atoms with van der Waals surface area (Å²) in [6.45, 7) is 3.83. The Hall–Kier alpha value is -1.49. The molecule has 2 rings (SSSR count). The van der Waals surface area contributed by atoms with Crippen molar-refractivity contribution >= 4 is 17.4 Å². The van der Waals surface area contributed by atoms with Crippen molar-refractivity contribution in [2.45, 2.75) is 24.5 Å². The molecule has 1 aromatic carbocycles. The lowest BCUT2D eigenvalue weighted by molar-refractivity contribution is 0.389. The zero-order valence-corrected chi connectivity index (χ0v) is 10.0. The van der Waals surface area contributed by atoms with Gasteiger partial charge in [-0.05, 0) is 30.7 Å². The van der Waals surface area contributed by atoms with E-state index in [9.17, 15) is 0 Å². The van der Waals surface area contributed by atoms with Crippen molar-refractivity contribution in [2.75, 3.05) is 5.73 Å². The lowest BCUT2D eigenvalue weighted by atomic mass is 10.2. The Morgan fingerprint density at radius 3 is 2.81 bits per heavy atom. The van der Waals surface area contributed by atoms with Crippen molar-refractivity contribution in [3.05, 3.63) is 35.5 Å². The highest BCUT2D eigenvalue weighted by atomic mass is 32.2. The number of rotatable bonds is 3. The molecule has 2 N–H and O–H groups in total. The van der Waals surface area contributed by atoms with Crippen LogP contribution in [0.1, 0.15) is 17.3 Å². The van der Waals surface area contributed by atoms with Gasteiger partial charge in [-0.1, -0.05) is 5.16 Å². The molecule has 4 nitrogen and oxygen atoms in total. The van der Waals surface area contributed by atoms with E-state index in [0.717, 1.165) is 11.5 Å². The number of benzene rings is 1. The monoisotopic (exact) mass is 235 g/mol. The number of hydrogen-bond acceptors (Lipinski definition) is 5. The maximum atomic E-state index is 5.69. The molecule has 0 atom stereocenters. The zero-order chi connectivity index (χ0) is 11.5. The van der Waals surface area contributed by atoms with Crippen LogP contribution in [-0.4, -0.2) is 10.1 Å². The molecule has 16 heavy (non-hydrogen) atoms. The van der Waals surface area contributed by atoms with Gasteiger partial charge in [-0.2, -0.15) is 4.98 Å². The van der Waals surface area contributed by atoms with Crippen LogP contribution in [0.3, 0.4) is 0 Å². The van der Waals surface area contributed by atoms with Gasteiger partial charge in [0.2, 0.25) is 5.89 Å². The summed E-state index contributed by atoms with van der Waals surface area (Å²) < 4.78 is 4.91. The Kier molecular flexibility index (Phi) is 3.14. The van der Waals surface area contributed by atoms with E-state index in [2.05, 4.69) is 10.1 Å². The minimum Gasteiger partial charge on any atom is -0.399 e. The number of nitrogen functional groups attached to an aromatic ring is 1. The van der Waals surface area contributed by atoms with Gasteiger partial charge in [0.15, 0.2) is 5.82 Å². The van der Waals surface area contributed by atoms with Crippen molar-refractivity contribution < 1.29 is 4.52 Å². The fourth-order valence-corrected chi connectivity index (χ4v) is 2.23. The number of aryl methyl sites for hydroxylation is 2. The van der Waals surface area contributed by atoms with Gasteiger partial charge in [0.1, 0.15) is 0 Å². The van der Waals surface area contributed by atoms with E-state index < -0.39 is 0 Å². The summed E-state index contributed by atoms with van der Waals surface area (Å²) in [6, 6.07) is 5.88. The molecule has 0 aliphatic rings. The fourth-order valence-electron chi connectivity index (χ4n) is 1.38. The van der Waals surface area contributed by atoms with Crippen molar-refractivity contribution in [2.24, 2.45) is 0 Å². The van der Waals surface area contributed by atoms with Gasteiger partial charge in [0, 0.05) is 17.5 Å². The number of nitrogens with two attached hydrogens (primary N) is 1. The summed E-state index contributed by atoms with van der Waals surface area (Å²) >= 11 is 1.68. The van der Waals surface area contributed by atoms with E-state index in [1.165, 1.54) is 10.5 Å². The van der Waals surface area contributed by atoms with E-state index in [-0.39, 0.29) is 0 Å². The first-order valence-electron chi connectivity index (χ1n) is 4.93. The molecule has 84 valence electrons. The highest BCUT2D eigenvalue weighted by Crippen LogP contribution is 2.26. The SMILES string of the molecule is Cc1nc(CSc2ccc(N)cc2C)no1. The number of nitrogens with zero attached hydrogens (tertiary/aromatic N) is 2. The number of hydrogen-bond donors (Lipinski definition) is 1. The first-order valence-corrected chi connectivity index (χ1v) is 5.92. The topological polar surface area (TPSA) is 64.9 Å². The normalized spacial score (nSPS) is 10.6. The highest BCUT2D eigenvalue weighted by molar-refractivity contribution is 7.98. The summed E-state index contributed by atoms with van der Waals surface area (Å²) in [5.41, 5.74) is 7.65. The summed E-state index contributed by atoms with van der Waals surface area (Å²) in [5, 5.41) is 3.85. The third-order valence-corrected chi connectivity index (χ3v) is 3.30. The number of aromatic nitrogens is 2. The number of thioether (sulfide) groups is 1. The second kappa shape index (κ2) is 4.57. The molecule has 0 unspecified atom stereocenters.